The molecule has 0 amide bonds. The van der Waals surface area contributed by atoms with E-state index >= 15 is 0 Å². The first-order valence-corrected chi connectivity index (χ1v) is 28.8. The third kappa shape index (κ3) is 12.1. The number of ether oxygens (including phenoxy) is 1. The van der Waals surface area contributed by atoms with Gasteiger partial charge in [0.2, 0.25) is 0 Å². The molecule has 0 N–H and O–H groups in total. The van der Waals surface area contributed by atoms with E-state index in [9.17, 15) is 6.85 Å². The highest BCUT2D eigenvalue weighted by molar-refractivity contribution is 6.10. The summed E-state index contributed by atoms with van der Waals surface area (Å²) < 4.78 is 93.0. The lowest BCUT2D eigenvalue weighted by Gasteiger charge is -2.30. The van der Waals surface area contributed by atoms with Gasteiger partial charge >= 0.3 is 0 Å². The second kappa shape index (κ2) is 22.2. The zero-order valence-electron chi connectivity index (χ0n) is 58.2. The van der Waals surface area contributed by atoms with Crippen LogP contribution in [0.15, 0.2) is 164 Å². The van der Waals surface area contributed by atoms with Gasteiger partial charge < -0.3 is 14.5 Å². The van der Waals surface area contributed by atoms with E-state index in [1.54, 1.807) is 0 Å². The van der Waals surface area contributed by atoms with Crippen LogP contribution in [0.5, 0.6) is 11.5 Å². The topological polar surface area (TPSA) is 33.5 Å². The van der Waals surface area contributed by atoms with Gasteiger partial charge in [-0.25, -0.2) is 4.98 Å². The van der Waals surface area contributed by atoms with Crippen molar-refractivity contribution in [2.45, 2.75) is 164 Å². The molecule has 3 heterocycles. The third-order valence-electron chi connectivity index (χ3n) is 15.6. The third-order valence-corrected chi connectivity index (χ3v) is 15.6. The molecule has 1 aliphatic heterocycles. The molecule has 9 aromatic rings. The number of hydrogen-bond acceptors (Lipinski definition) is 4. The zero-order valence-corrected chi connectivity index (χ0v) is 49.2. The Kier molecular flexibility index (Phi) is 12.6. The van der Waals surface area contributed by atoms with Crippen LogP contribution in [0.2, 0.25) is 0 Å². The van der Waals surface area contributed by atoms with E-state index in [0.29, 0.717) is 28.1 Å². The van der Waals surface area contributed by atoms with E-state index in [2.05, 4.69) is 100 Å². The quantitative estimate of drug-likeness (QED) is 0.0903. The normalized spacial score (nSPS) is 14.8. The predicted octanol–water partition coefficient (Wildman–Crippen LogP) is 21.3. The second-order valence-corrected chi connectivity index (χ2v) is 26.2. The minimum absolute atomic E-state index is 0.0263. The maximum atomic E-state index is 9.96. The molecule has 5 nitrogen and oxygen atoms in total. The van der Waals surface area contributed by atoms with Crippen molar-refractivity contribution < 1.29 is 17.1 Å². The van der Waals surface area contributed by atoms with Crippen LogP contribution >= 0.6 is 0 Å². The number of benzene rings is 7. The van der Waals surface area contributed by atoms with Gasteiger partial charge in [0.05, 0.1) is 40.4 Å². The van der Waals surface area contributed by atoms with Crippen LogP contribution in [0.4, 0.5) is 22.7 Å². The zero-order chi connectivity index (χ0) is 63.7. The highest BCUT2D eigenvalue weighted by Gasteiger charge is 2.33. The maximum absolute atomic E-state index is 9.96. The Morgan fingerprint density at radius 2 is 1.23 bits per heavy atom. The summed E-state index contributed by atoms with van der Waals surface area (Å²) in [6, 6.07) is 32.4. The number of rotatable bonds is 16. The SMILES string of the molecule is [2H]c1c([2H])c([2H])c(-c2cc(C(C)(C)C)cc(-c3c([2H])c([2H])c([2H])c(C(C)(C)C)c3[2H])c2N2CN(c3cccc(Oc4cc5c(cc4CCC(C)(C)C)c4cc(CCCCCCCC)ccc4n5-c4cc(C(C)(C)C)ccn4)c3)c3ccccc32)c([2H])c1[2H]. The minimum atomic E-state index is -0.766. The average Bonchev–Trinajstić information content (AvgIpc) is 1.27. The highest BCUT2D eigenvalue weighted by Crippen LogP contribution is 2.52. The Labute approximate surface area is 486 Å². The van der Waals surface area contributed by atoms with Crippen LogP contribution in [0, 0.1) is 5.41 Å². The lowest BCUT2D eigenvalue weighted by Crippen LogP contribution is -2.25. The largest absolute Gasteiger partial charge is 0.457 e. The van der Waals surface area contributed by atoms with E-state index in [1.807, 2.05) is 113 Å². The van der Waals surface area contributed by atoms with Crippen molar-refractivity contribution in [3.05, 3.63) is 192 Å². The molecule has 0 unspecified atom stereocenters. The van der Waals surface area contributed by atoms with E-state index < -0.39 is 41.0 Å². The van der Waals surface area contributed by atoms with Crippen molar-refractivity contribution >= 4 is 44.6 Å². The Hall–Kier alpha value is -7.11. The van der Waals surface area contributed by atoms with E-state index in [4.69, 9.17) is 15.2 Å². The number of aryl methyl sites for hydroxylation is 2. The molecule has 0 spiro atoms. The van der Waals surface area contributed by atoms with Gasteiger partial charge in [-0.05, 0) is 153 Å². The van der Waals surface area contributed by atoms with Gasteiger partial charge in [-0.2, -0.15) is 0 Å². The summed E-state index contributed by atoms with van der Waals surface area (Å²) in [6.07, 6.45) is 12.1. The summed E-state index contributed by atoms with van der Waals surface area (Å²) in [5, 5.41) is 2.34. The first-order valence-electron chi connectivity index (χ1n) is 33.3. The summed E-state index contributed by atoms with van der Waals surface area (Å²) in [7, 11) is 0. The number of para-hydroxylation sites is 2. The van der Waals surface area contributed by atoms with Crippen molar-refractivity contribution in [3.8, 4) is 39.6 Å². The van der Waals surface area contributed by atoms with Crippen LogP contribution in [0.1, 0.15) is 175 Å². The molecule has 408 valence electrons. The average molecular weight is 1060 g/mol. The number of nitrogens with zero attached hydrogens (tertiary/aromatic N) is 4. The van der Waals surface area contributed by atoms with Gasteiger partial charge in [-0.3, -0.25) is 4.57 Å². The number of pyridine rings is 1. The van der Waals surface area contributed by atoms with E-state index in [1.165, 1.54) is 48.6 Å². The predicted molar refractivity (Wildman–Crippen MR) is 339 cm³/mol. The molecule has 0 saturated heterocycles. The first-order chi connectivity index (χ1) is 41.4. The number of fused-ring (bicyclic) bond motifs is 4. The monoisotopic (exact) mass is 1060 g/mol. The van der Waals surface area contributed by atoms with Crippen molar-refractivity contribution in [2.75, 3.05) is 16.5 Å². The van der Waals surface area contributed by atoms with Crippen LogP contribution in [-0.4, -0.2) is 16.2 Å². The number of unbranched alkanes of at least 4 members (excludes halogenated alkanes) is 5. The maximum Gasteiger partial charge on any atom is 0.137 e. The Morgan fingerprint density at radius 3 is 1.94 bits per heavy atom. The number of anilines is 4. The molecule has 0 radical (unpaired) electrons. The Morgan fingerprint density at radius 1 is 0.557 bits per heavy atom. The molecular weight excluding hydrogens is 961 g/mol. The van der Waals surface area contributed by atoms with Crippen LogP contribution < -0.4 is 14.5 Å². The Bertz CT molecular complexity index is 4130. The smallest absolute Gasteiger partial charge is 0.137 e. The Balaban J connectivity index is 1.15. The standard InChI is InChI=1S/C74H86N4O/c1-14-15-16-17-18-20-27-51-36-37-64-62(42-51)63-44-54(38-40-71(2,3)4)68(49-67(63)78(64)69-47-56(39-41-75-69)73(8,9)10)79-59-33-26-32-58(48-59)76-50-77(66-35-24-23-34-65(66)76)70-60(52-28-21-19-22-29-52)45-57(74(11,12)13)46-61(70)53-30-25-31-55(43-53)72(5,6)7/h19,21-26,28-37,39,41-49H,14-18,20,27,38,40,50H2,1-13H3/i19D,21D,22D,25D,28D,29D,30D,31D,43D. The fourth-order valence-corrected chi connectivity index (χ4v) is 10.9. The number of aromatic nitrogens is 2. The molecule has 0 bridgehead atoms. The molecular formula is C74H86N4O. The molecule has 10 rings (SSSR count). The first kappa shape index (κ1) is 44.7. The highest BCUT2D eigenvalue weighted by atomic mass is 16.5. The second-order valence-electron chi connectivity index (χ2n) is 26.2. The number of hydrogen-bond donors (Lipinski definition) is 0. The molecule has 5 heteroatoms. The van der Waals surface area contributed by atoms with Crippen molar-refractivity contribution in [2.24, 2.45) is 5.41 Å². The molecule has 0 atom stereocenters. The lowest BCUT2D eigenvalue weighted by molar-refractivity contribution is 0.374. The molecule has 7 aromatic carbocycles. The molecule has 0 aliphatic carbocycles. The van der Waals surface area contributed by atoms with Crippen LogP contribution in [0.3, 0.4) is 0 Å². The van der Waals surface area contributed by atoms with Gasteiger partial charge in [-0.1, -0.05) is 201 Å². The summed E-state index contributed by atoms with van der Waals surface area (Å²) in [6.45, 7) is 27.7. The lowest BCUT2D eigenvalue weighted by atomic mass is 9.81. The summed E-state index contributed by atoms with van der Waals surface area (Å²) >= 11 is 0. The van der Waals surface area contributed by atoms with Gasteiger partial charge in [0.15, 0.2) is 0 Å². The summed E-state index contributed by atoms with van der Waals surface area (Å²) in [5.41, 5.74) is 8.85. The summed E-state index contributed by atoms with van der Waals surface area (Å²) in [4.78, 5) is 9.24. The van der Waals surface area contributed by atoms with E-state index in [0.717, 1.165) is 81.9 Å². The molecule has 2 aromatic heterocycles. The molecule has 79 heavy (non-hydrogen) atoms. The van der Waals surface area contributed by atoms with Gasteiger partial charge in [-0.15, -0.1) is 0 Å². The summed E-state index contributed by atoms with van der Waals surface area (Å²) in [5.74, 6) is 2.20. The molecule has 0 saturated carbocycles. The van der Waals surface area contributed by atoms with Gasteiger partial charge in [0.25, 0.3) is 0 Å². The van der Waals surface area contributed by atoms with Crippen LogP contribution in [-0.2, 0) is 29.1 Å². The van der Waals surface area contributed by atoms with Gasteiger partial charge in [0, 0.05) is 45.9 Å². The van der Waals surface area contributed by atoms with Crippen molar-refractivity contribution in [3.63, 3.8) is 0 Å². The molecule has 1 aliphatic rings. The van der Waals surface area contributed by atoms with Crippen LogP contribution in [0.25, 0.3) is 49.9 Å². The van der Waals surface area contributed by atoms with Crippen molar-refractivity contribution in [1.29, 1.82) is 0 Å². The molecule has 0 fully saturated rings. The van der Waals surface area contributed by atoms with E-state index in [-0.39, 0.29) is 52.8 Å². The fraction of sp³-hybridized carbons (Fsp3) is 0.365. The minimum Gasteiger partial charge on any atom is -0.457 e. The van der Waals surface area contributed by atoms with Gasteiger partial charge in [0.1, 0.15) is 24.0 Å². The van der Waals surface area contributed by atoms with Crippen molar-refractivity contribution in [1.82, 2.24) is 9.55 Å². The fourth-order valence-electron chi connectivity index (χ4n) is 10.9.